The Balaban J connectivity index is 1.90. The van der Waals surface area contributed by atoms with Crippen molar-refractivity contribution in [3.05, 3.63) is 63.8 Å². The van der Waals surface area contributed by atoms with Crippen LogP contribution in [0.5, 0.6) is 11.5 Å². The Morgan fingerprint density at radius 3 is 2.48 bits per heavy atom. The molecular formula is C22H19NO5S. The molecule has 1 atom stereocenters. The van der Waals surface area contributed by atoms with E-state index in [1.165, 1.54) is 11.3 Å². The number of carbonyl (C=O) groups excluding carboxylic acids is 1. The van der Waals surface area contributed by atoms with Crippen LogP contribution in [-0.2, 0) is 4.79 Å². The average Bonchev–Trinajstić information content (AvgIpc) is 3.12. The smallest absolute Gasteiger partial charge is 0.346 e. The molecule has 0 spiro atoms. The maximum absolute atomic E-state index is 12.5. The predicted octanol–water partition coefficient (Wildman–Crippen LogP) is 4.60. The lowest BCUT2D eigenvalue weighted by Crippen LogP contribution is -2.22. The fraction of sp³-hybridized carbons (Fsp3) is 0.182. The van der Waals surface area contributed by atoms with Crippen LogP contribution in [0.4, 0.5) is 5.69 Å². The maximum Gasteiger partial charge on any atom is 0.346 e. The highest BCUT2D eigenvalue weighted by atomic mass is 32.1. The molecule has 1 amide bonds. The molecule has 29 heavy (non-hydrogen) atoms. The van der Waals surface area contributed by atoms with Crippen LogP contribution in [0.1, 0.15) is 32.5 Å². The molecule has 0 fully saturated rings. The number of nitrogens with one attached hydrogen (secondary N) is 1. The second-order valence-electron chi connectivity index (χ2n) is 6.64. The van der Waals surface area contributed by atoms with E-state index in [0.717, 1.165) is 16.0 Å². The highest BCUT2D eigenvalue weighted by Crippen LogP contribution is 2.50. The first-order valence-corrected chi connectivity index (χ1v) is 9.82. The van der Waals surface area contributed by atoms with Crippen LogP contribution in [-0.4, -0.2) is 31.2 Å². The zero-order valence-corrected chi connectivity index (χ0v) is 16.7. The molecule has 2 heterocycles. The normalized spacial score (nSPS) is 15.4. The summed E-state index contributed by atoms with van der Waals surface area (Å²) in [5.74, 6) is -0.262. The Hall–Kier alpha value is -3.32. The number of hydrogen-bond acceptors (Lipinski definition) is 5. The van der Waals surface area contributed by atoms with Gasteiger partial charge in [0.15, 0.2) is 11.5 Å². The zero-order chi connectivity index (χ0) is 20.5. The standard InChI is InChI=1S/C22H19NO5S/c1-27-15-9-8-13(10-16(15)28-2)14-11-17(24)23-19-18(12-6-4-3-5-7-12)21(22(25)26)29-20(14)19/h3-10,14H,11H2,1-2H3,(H,23,24)(H,25,26)/t14-/m0/s1. The summed E-state index contributed by atoms with van der Waals surface area (Å²) in [6.45, 7) is 0. The lowest BCUT2D eigenvalue weighted by Gasteiger charge is -2.24. The number of ether oxygens (including phenoxy) is 2. The average molecular weight is 409 g/mol. The minimum absolute atomic E-state index is 0.149. The molecule has 4 rings (SSSR count). The maximum atomic E-state index is 12.5. The van der Waals surface area contributed by atoms with Gasteiger partial charge in [0.25, 0.3) is 0 Å². The summed E-state index contributed by atoms with van der Waals surface area (Å²) >= 11 is 1.21. The van der Waals surface area contributed by atoms with Gasteiger partial charge in [-0.2, -0.15) is 0 Å². The summed E-state index contributed by atoms with van der Waals surface area (Å²) in [5.41, 5.74) is 2.76. The summed E-state index contributed by atoms with van der Waals surface area (Å²) < 4.78 is 10.7. The molecular weight excluding hydrogens is 390 g/mol. The molecule has 0 saturated heterocycles. The third-order valence-electron chi connectivity index (χ3n) is 4.97. The van der Waals surface area contributed by atoms with Gasteiger partial charge in [0.2, 0.25) is 5.91 Å². The van der Waals surface area contributed by atoms with E-state index in [2.05, 4.69) is 5.32 Å². The predicted molar refractivity (Wildman–Crippen MR) is 111 cm³/mol. The largest absolute Gasteiger partial charge is 0.493 e. The molecule has 1 aromatic heterocycles. The molecule has 148 valence electrons. The number of methoxy groups -OCH3 is 2. The van der Waals surface area contributed by atoms with Crippen molar-refractivity contribution in [1.29, 1.82) is 0 Å². The molecule has 6 nitrogen and oxygen atoms in total. The number of hydrogen-bond donors (Lipinski definition) is 2. The SMILES string of the molecule is COc1ccc([C@@H]2CC(=O)Nc3c2sc(C(=O)O)c3-c2ccccc2)cc1OC. The number of amides is 1. The van der Waals surface area contributed by atoms with E-state index in [1.807, 2.05) is 42.5 Å². The van der Waals surface area contributed by atoms with Crippen LogP contribution >= 0.6 is 11.3 Å². The number of fused-ring (bicyclic) bond motifs is 1. The van der Waals surface area contributed by atoms with E-state index < -0.39 is 5.97 Å². The number of aromatic carboxylic acids is 1. The van der Waals surface area contributed by atoms with Gasteiger partial charge in [-0.05, 0) is 23.3 Å². The first-order valence-electron chi connectivity index (χ1n) is 9.00. The Labute approximate surface area is 171 Å². The van der Waals surface area contributed by atoms with Gasteiger partial charge in [-0.25, -0.2) is 4.79 Å². The fourth-order valence-corrected chi connectivity index (χ4v) is 4.90. The summed E-state index contributed by atoms with van der Waals surface area (Å²) in [6.07, 6.45) is 0.232. The van der Waals surface area contributed by atoms with E-state index in [-0.39, 0.29) is 23.1 Å². The molecule has 3 aromatic rings. The second kappa shape index (κ2) is 7.60. The van der Waals surface area contributed by atoms with Crippen molar-refractivity contribution in [3.63, 3.8) is 0 Å². The molecule has 0 unspecified atom stereocenters. The number of carboxylic acids is 1. The van der Waals surface area contributed by atoms with Crippen LogP contribution in [0.2, 0.25) is 0 Å². The van der Waals surface area contributed by atoms with Gasteiger partial charge in [-0.3, -0.25) is 4.79 Å². The minimum atomic E-state index is -1.01. The van der Waals surface area contributed by atoms with Crippen molar-refractivity contribution in [1.82, 2.24) is 0 Å². The van der Waals surface area contributed by atoms with Gasteiger partial charge in [0.05, 0.1) is 19.9 Å². The summed E-state index contributed by atoms with van der Waals surface area (Å²) in [4.78, 5) is 25.6. The third kappa shape index (κ3) is 3.34. The highest BCUT2D eigenvalue weighted by molar-refractivity contribution is 7.15. The molecule has 0 saturated carbocycles. The van der Waals surface area contributed by atoms with Crippen molar-refractivity contribution in [2.24, 2.45) is 0 Å². The topological polar surface area (TPSA) is 84.9 Å². The number of anilines is 1. The van der Waals surface area contributed by atoms with Gasteiger partial charge >= 0.3 is 5.97 Å². The van der Waals surface area contributed by atoms with Crippen molar-refractivity contribution in [2.45, 2.75) is 12.3 Å². The molecule has 2 N–H and O–H groups in total. The Kier molecular flexibility index (Phi) is 4.98. The zero-order valence-electron chi connectivity index (χ0n) is 15.9. The number of benzene rings is 2. The number of carboxylic acid groups (broad SMARTS) is 1. The van der Waals surface area contributed by atoms with E-state index >= 15 is 0 Å². The number of rotatable bonds is 5. The summed E-state index contributed by atoms with van der Waals surface area (Å²) in [5, 5.41) is 12.7. The highest BCUT2D eigenvalue weighted by Gasteiger charge is 2.34. The molecule has 0 aliphatic carbocycles. The first kappa shape index (κ1) is 19.0. The molecule has 0 bridgehead atoms. The van der Waals surface area contributed by atoms with Gasteiger partial charge < -0.3 is 19.9 Å². The van der Waals surface area contributed by atoms with E-state index in [9.17, 15) is 14.7 Å². The van der Waals surface area contributed by atoms with Crippen molar-refractivity contribution in [3.8, 4) is 22.6 Å². The monoisotopic (exact) mass is 409 g/mol. The van der Waals surface area contributed by atoms with E-state index in [0.29, 0.717) is 22.7 Å². The third-order valence-corrected chi connectivity index (χ3v) is 6.26. The van der Waals surface area contributed by atoms with Crippen LogP contribution in [0, 0.1) is 0 Å². The van der Waals surface area contributed by atoms with E-state index in [4.69, 9.17) is 9.47 Å². The van der Waals surface area contributed by atoms with E-state index in [1.54, 1.807) is 20.3 Å². The van der Waals surface area contributed by atoms with Gasteiger partial charge in [-0.15, -0.1) is 11.3 Å². The lowest BCUT2D eigenvalue weighted by atomic mass is 9.88. The fourth-order valence-electron chi connectivity index (χ4n) is 3.66. The van der Waals surface area contributed by atoms with Crippen molar-refractivity contribution in [2.75, 3.05) is 19.5 Å². The second-order valence-corrected chi connectivity index (χ2v) is 7.69. The summed E-state index contributed by atoms with van der Waals surface area (Å²) in [7, 11) is 3.12. The number of carbonyl (C=O) groups is 2. The van der Waals surface area contributed by atoms with Gasteiger partial charge in [-0.1, -0.05) is 36.4 Å². The Morgan fingerprint density at radius 1 is 1.10 bits per heavy atom. The molecule has 0 radical (unpaired) electrons. The lowest BCUT2D eigenvalue weighted by molar-refractivity contribution is -0.116. The molecule has 1 aliphatic rings. The van der Waals surface area contributed by atoms with Crippen molar-refractivity contribution >= 4 is 28.9 Å². The summed E-state index contributed by atoms with van der Waals surface area (Å²) in [6, 6.07) is 14.8. The van der Waals surface area contributed by atoms with Crippen LogP contribution in [0.3, 0.4) is 0 Å². The van der Waals surface area contributed by atoms with Crippen LogP contribution in [0.15, 0.2) is 48.5 Å². The van der Waals surface area contributed by atoms with Gasteiger partial charge in [0.1, 0.15) is 4.88 Å². The molecule has 1 aliphatic heterocycles. The van der Waals surface area contributed by atoms with Crippen LogP contribution in [0.25, 0.3) is 11.1 Å². The molecule has 2 aromatic carbocycles. The number of thiophene rings is 1. The Bertz CT molecular complexity index is 1090. The van der Waals surface area contributed by atoms with Crippen LogP contribution < -0.4 is 14.8 Å². The minimum Gasteiger partial charge on any atom is -0.493 e. The quantitative estimate of drug-likeness (QED) is 0.643. The van der Waals surface area contributed by atoms with Gasteiger partial charge in [0, 0.05) is 22.8 Å². The molecule has 7 heteroatoms. The Morgan fingerprint density at radius 2 is 1.83 bits per heavy atom. The first-order chi connectivity index (χ1) is 14.0. The van der Waals surface area contributed by atoms with Crippen molar-refractivity contribution < 1.29 is 24.2 Å².